The molecule has 1 aliphatic rings. The number of halogens is 2. The van der Waals surface area contributed by atoms with Crippen molar-refractivity contribution in [2.75, 3.05) is 41.7 Å². The number of ether oxygens (including phenoxy) is 5. The van der Waals surface area contributed by atoms with Crippen molar-refractivity contribution in [3.8, 4) is 23.0 Å². The Balaban J connectivity index is 0.00000363. The maximum absolute atomic E-state index is 13.9. The molecule has 176 valence electrons. The van der Waals surface area contributed by atoms with Gasteiger partial charge < -0.3 is 34.3 Å². The zero-order valence-electron chi connectivity index (χ0n) is 18.6. The lowest BCUT2D eigenvalue weighted by Crippen LogP contribution is -2.38. The van der Waals surface area contributed by atoms with Crippen molar-refractivity contribution < 1.29 is 28.1 Å². The predicted octanol–water partition coefficient (Wildman–Crippen LogP) is 3.24. The van der Waals surface area contributed by atoms with E-state index in [9.17, 15) is 4.39 Å². The molecule has 10 heteroatoms. The van der Waals surface area contributed by atoms with Gasteiger partial charge in [0.25, 0.3) is 0 Å². The highest BCUT2D eigenvalue weighted by Crippen LogP contribution is 2.38. The lowest BCUT2D eigenvalue weighted by molar-refractivity contribution is -0.0172. The summed E-state index contributed by atoms with van der Waals surface area (Å²) in [5.41, 5.74) is 2.46. The predicted molar refractivity (Wildman–Crippen MR) is 130 cm³/mol. The van der Waals surface area contributed by atoms with Crippen molar-refractivity contribution in [2.45, 2.75) is 19.6 Å². The molecule has 0 spiro atoms. The van der Waals surface area contributed by atoms with E-state index in [1.54, 1.807) is 28.4 Å². The molecule has 8 nitrogen and oxygen atoms in total. The Hall–Kier alpha value is -2.47. The van der Waals surface area contributed by atoms with Crippen molar-refractivity contribution in [3.63, 3.8) is 0 Å². The Morgan fingerprint density at radius 2 is 1.78 bits per heavy atom. The SMILES string of the molecule is CN=C(NCCc1cc(F)cc2c1OCOC2)NCc1cc(OC)c(OC)c(OC)c1.I. The molecule has 2 aromatic rings. The minimum absolute atomic E-state index is 0. The van der Waals surface area contributed by atoms with Gasteiger partial charge in [0.2, 0.25) is 5.75 Å². The van der Waals surface area contributed by atoms with E-state index < -0.39 is 0 Å². The van der Waals surface area contributed by atoms with Crippen molar-refractivity contribution in [1.82, 2.24) is 10.6 Å². The molecule has 2 N–H and O–H groups in total. The molecule has 32 heavy (non-hydrogen) atoms. The molecule has 0 atom stereocenters. The lowest BCUT2D eigenvalue weighted by atomic mass is 10.1. The molecule has 0 amide bonds. The smallest absolute Gasteiger partial charge is 0.203 e. The molecule has 0 unspecified atom stereocenters. The molecule has 3 rings (SSSR count). The number of hydrogen-bond donors (Lipinski definition) is 2. The Morgan fingerprint density at radius 3 is 2.41 bits per heavy atom. The van der Waals surface area contributed by atoms with Crippen LogP contribution in [0.3, 0.4) is 0 Å². The first-order valence-corrected chi connectivity index (χ1v) is 9.84. The molecule has 0 aliphatic carbocycles. The lowest BCUT2D eigenvalue weighted by Gasteiger charge is -2.21. The number of nitrogens with zero attached hydrogens (tertiary/aromatic N) is 1. The fraction of sp³-hybridized carbons (Fsp3) is 0.409. The number of nitrogens with one attached hydrogen (secondary N) is 2. The fourth-order valence-electron chi connectivity index (χ4n) is 3.40. The summed E-state index contributed by atoms with van der Waals surface area (Å²) in [6.07, 6.45) is 0.574. The van der Waals surface area contributed by atoms with Crippen LogP contribution in [0.2, 0.25) is 0 Å². The van der Waals surface area contributed by atoms with Crippen LogP contribution in [0.25, 0.3) is 0 Å². The number of fused-ring (bicyclic) bond motifs is 1. The van der Waals surface area contributed by atoms with E-state index in [0.29, 0.717) is 55.1 Å². The Labute approximate surface area is 204 Å². The van der Waals surface area contributed by atoms with Gasteiger partial charge in [-0.15, -0.1) is 24.0 Å². The van der Waals surface area contributed by atoms with Crippen LogP contribution < -0.4 is 29.6 Å². The molecular weight excluding hydrogens is 532 g/mol. The van der Waals surface area contributed by atoms with Crippen LogP contribution in [0, 0.1) is 5.82 Å². The summed E-state index contributed by atoms with van der Waals surface area (Å²) in [7, 11) is 6.42. The molecular formula is C22H29FIN3O5. The number of rotatable bonds is 8. The number of aliphatic imine (C=N–C) groups is 1. The highest BCUT2D eigenvalue weighted by Gasteiger charge is 2.17. The quantitative estimate of drug-likeness (QED) is 0.291. The van der Waals surface area contributed by atoms with Gasteiger partial charge in [0, 0.05) is 25.7 Å². The first-order valence-electron chi connectivity index (χ1n) is 9.84. The number of methoxy groups -OCH3 is 3. The maximum atomic E-state index is 13.9. The van der Waals surface area contributed by atoms with E-state index in [4.69, 9.17) is 23.7 Å². The largest absolute Gasteiger partial charge is 0.493 e. The van der Waals surface area contributed by atoms with Crippen molar-refractivity contribution in [3.05, 3.63) is 46.8 Å². The number of benzene rings is 2. The molecule has 2 aromatic carbocycles. The first kappa shape index (κ1) is 25.8. The van der Waals surface area contributed by atoms with E-state index in [2.05, 4.69) is 15.6 Å². The molecule has 1 heterocycles. The Bertz CT molecular complexity index is 917. The molecule has 1 aliphatic heterocycles. The van der Waals surface area contributed by atoms with Gasteiger partial charge in [-0.2, -0.15) is 0 Å². The van der Waals surface area contributed by atoms with Crippen molar-refractivity contribution >= 4 is 29.9 Å². The van der Waals surface area contributed by atoms with E-state index in [1.165, 1.54) is 12.1 Å². The molecule has 0 aromatic heterocycles. The van der Waals surface area contributed by atoms with Crippen molar-refractivity contribution in [1.29, 1.82) is 0 Å². The summed E-state index contributed by atoms with van der Waals surface area (Å²) in [5.74, 6) is 2.73. The summed E-state index contributed by atoms with van der Waals surface area (Å²) in [5, 5.41) is 6.48. The molecule has 0 fully saturated rings. The summed E-state index contributed by atoms with van der Waals surface area (Å²) < 4.78 is 40.8. The molecule has 0 saturated carbocycles. The zero-order valence-corrected chi connectivity index (χ0v) is 20.9. The van der Waals surface area contributed by atoms with Gasteiger partial charge in [-0.25, -0.2) is 4.39 Å². The van der Waals surface area contributed by atoms with Gasteiger partial charge in [0.1, 0.15) is 11.6 Å². The van der Waals surface area contributed by atoms with Gasteiger partial charge in [-0.1, -0.05) is 0 Å². The van der Waals surface area contributed by atoms with Gasteiger partial charge in [0.05, 0.1) is 27.9 Å². The topological polar surface area (TPSA) is 82.6 Å². The van der Waals surface area contributed by atoms with Gasteiger partial charge >= 0.3 is 0 Å². The summed E-state index contributed by atoms with van der Waals surface area (Å²) in [6, 6.07) is 6.70. The van der Waals surface area contributed by atoms with Crippen LogP contribution >= 0.6 is 24.0 Å². The highest BCUT2D eigenvalue weighted by molar-refractivity contribution is 14.0. The van der Waals surface area contributed by atoms with Crippen LogP contribution in [0.5, 0.6) is 23.0 Å². The van der Waals surface area contributed by atoms with E-state index in [-0.39, 0.29) is 36.6 Å². The van der Waals surface area contributed by atoms with Gasteiger partial charge in [-0.3, -0.25) is 4.99 Å². The summed E-state index contributed by atoms with van der Waals surface area (Å²) in [4.78, 5) is 4.24. The monoisotopic (exact) mass is 561 g/mol. The van der Waals surface area contributed by atoms with E-state index in [0.717, 1.165) is 16.7 Å². The minimum atomic E-state index is -0.298. The average Bonchev–Trinajstić information content (AvgIpc) is 2.80. The summed E-state index contributed by atoms with van der Waals surface area (Å²) in [6.45, 7) is 1.57. The highest BCUT2D eigenvalue weighted by atomic mass is 127. The van der Waals surface area contributed by atoms with Crippen molar-refractivity contribution in [2.24, 2.45) is 4.99 Å². The molecule has 0 bridgehead atoms. The van der Waals surface area contributed by atoms with E-state index in [1.807, 2.05) is 12.1 Å². The van der Waals surface area contributed by atoms with Crippen LogP contribution in [0.4, 0.5) is 4.39 Å². The second kappa shape index (κ2) is 12.5. The minimum Gasteiger partial charge on any atom is -0.493 e. The van der Waals surface area contributed by atoms with Gasteiger partial charge in [-0.05, 0) is 41.8 Å². The van der Waals surface area contributed by atoms with Crippen LogP contribution in [0.15, 0.2) is 29.3 Å². The Morgan fingerprint density at radius 1 is 1.06 bits per heavy atom. The second-order valence-electron chi connectivity index (χ2n) is 6.80. The third-order valence-electron chi connectivity index (χ3n) is 4.85. The zero-order chi connectivity index (χ0) is 22.2. The third kappa shape index (κ3) is 6.28. The average molecular weight is 561 g/mol. The van der Waals surface area contributed by atoms with Gasteiger partial charge in [0.15, 0.2) is 24.3 Å². The van der Waals surface area contributed by atoms with Crippen LogP contribution in [-0.4, -0.2) is 47.7 Å². The normalized spacial score (nSPS) is 12.7. The summed E-state index contributed by atoms with van der Waals surface area (Å²) >= 11 is 0. The second-order valence-corrected chi connectivity index (χ2v) is 6.80. The number of hydrogen-bond acceptors (Lipinski definition) is 6. The Kier molecular flexibility index (Phi) is 10.1. The fourth-order valence-corrected chi connectivity index (χ4v) is 3.40. The third-order valence-corrected chi connectivity index (χ3v) is 4.85. The number of guanidine groups is 1. The maximum Gasteiger partial charge on any atom is 0.203 e. The standard InChI is InChI=1S/C22H28FN3O5.HI/c1-24-22(26-11-14-7-18(27-2)21(29-4)19(8-14)28-3)25-6-5-15-9-17(23)10-16-12-30-13-31-20(15)16;/h7-10H,5-6,11-13H2,1-4H3,(H2,24,25,26);1H. The van der Waals surface area contributed by atoms with Crippen LogP contribution in [0.1, 0.15) is 16.7 Å². The van der Waals surface area contributed by atoms with E-state index >= 15 is 0 Å². The van der Waals surface area contributed by atoms with Crippen LogP contribution in [-0.2, 0) is 24.3 Å². The first-order chi connectivity index (χ1) is 15.1. The molecule has 0 radical (unpaired) electrons. The molecule has 0 saturated heterocycles.